The molecular formula is C71H63N3. The van der Waals surface area contributed by atoms with E-state index in [-0.39, 0.29) is 21.7 Å². The molecule has 3 heteroatoms. The van der Waals surface area contributed by atoms with Crippen LogP contribution in [0.4, 0.5) is 0 Å². The first kappa shape index (κ1) is 47.0. The maximum absolute atomic E-state index is 5.32. The van der Waals surface area contributed by atoms with Gasteiger partial charge < -0.3 is 0 Å². The molecule has 0 saturated carbocycles. The van der Waals surface area contributed by atoms with Crippen LogP contribution in [0.1, 0.15) is 103 Å². The second-order valence-electron chi connectivity index (χ2n) is 23.8. The molecule has 2 aliphatic rings. The van der Waals surface area contributed by atoms with Crippen molar-refractivity contribution >= 4 is 0 Å². The number of benzene rings is 9. The highest BCUT2D eigenvalue weighted by Gasteiger charge is 2.37. The van der Waals surface area contributed by atoms with Crippen LogP contribution in [0.15, 0.2) is 200 Å². The average Bonchev–Trinajstić information content (AvgIpc) is 3.79. The number of hydrogen-bond donors (Lipinski definition) is 0. The van der Waals surface area contributed by atoms with E-state index >= 15 is 0 Å². The van der Waals surface area contributed by atoms with Crippen molar-refractivity contribution in [3.63, 3.8) is 0 Å². The molecule has 0 atom stereocenters. The zero-order valence-electron chi connectivity index (χ0n) is 44.4. The molecule has 0 N–H and O–H groups in total. The molecule has 362 valence electrons. The van der Waals surface area contributed by atoms with Crippen LogP contribution < -0.4 is 0 Å². The average molecular weight is 958 g/mol. The molecular weight excluding hydrogens is 895 g/mol. The molecule has 0 spiro atoms. The van der Waals surface area contributed by atoms with Crippen molar-refractivity contribution in [2.75, 3.05) is 0 Å². The van der Waals surface area contributed by atoms with Crippen molar-refractivity contribution < 1.29 is 0 Å². The maximum atomic E-state index is 5.32. The van der Waals surface area contributed by atoms with Gasteiger partial charge in [-0.3, -0.25) is 0 Å². The summed E-state index contributed by atoms with van der Waals surface area (Å²) in [7, 11) is 0. The quantitative estimate of drug-likeness (QED) is 0.160. The van der Waals surface area contributed by atoms with E-state index in [0.717, 1.165) is 38.9 Å². The van der Waals surface area contributed by atoms with Gasteiger partial charge in [0, 0.05) is 27.5 Å². The summed E-state index contributed by atoms with van der Waals surface area (Å²) >= 11 is 0. The van der Waals surface area contributed by atoms with Gasteiger partial charge in [-0.2, -0.15) is 0 Å². The van der Waals surface area contributed by atoms with Gasteiger partial charge in [-0.1, -0.05) is 227 Å². The predicted molar refractivity (Wildman–Crippen MR) is 310 cm³/mol. The van der Waals surface area contributed by atoms with Gasteiger partial charge in [-0.15, -0.1) is 0 Å². The lowest BCUT2D eigenvalue weighted by molar-refractivity contribution is 0.590. The molecule has 0 saturated heterocycles. The predicted octanol–water partition coefficient (Wildman–Crippen LogP) is 18.7. The summed E-state index contributed by atoms with van der Waals surface area (Å²) in [5, 5.41) is 0. The Morgan fingerprint density at radius 1 is 0.257 bits per heavy atom. The first-order chi connectivity index (χ1) is 35.4. The molecule has 2 aliphatic carbocycles. The van der Waals surface area contributed by atoms with Crippen LogP contribution in [0.5, 0.6) is 0 Å². The van der Waals surface area contributed by atoms with Gasteiger partial charge in [0.15, 0.2) is 17.5 Å². The van der Waals surface area contributed by atoms with Crippen LogP contribution in [0.2, 0.25) is 0 Å². The monoisotopic (exact) mass is 958 g/mol. The standard InChI is InChI=1S/C71H63N3/c1-68(2,3)55-38-50(46-29-31-59-57-25-17-19-27-61(57)70(7,8)63(59)42-46)34-52(40-55)48-33-49(37-54(36-48)67-73-65(44-21-13-11-14-22-44)72-66(74-67)45-23-15-12-16-24-45)53-35-51(39-56(41-53)69(4,5)6)47-30-32-60-58-26-18-20-28-62(58)71(9,10)64(60)43-47/h11-43H,1-10H3. The van der Waals surface area contributed by atoms with E-state index in [1.807, 2.05) is 36.4 Å². The fraction of sp³-hybridized carbons (Fsp3) is 0.197. The van der Waals surface area contributed by atoms with Crippen LogP contribution in [0.3, 0.4) is 0 Å². The summed E-state index contributed by atoms with van der Waals surface area (Å²) in [5.74, 6) is 1.90. The maximum Gasteiger partial charge on any atom is 0.164 e. The zero-order chi connectivity index (χ0) is 51.3. The van der Waals surface area contributed by atoms with Gasteiger partial charge in [-0.05, 0) is 153 Å². The van der Waals surface area contributed by atoms with E-state index in [4.69, 9.17) is 15.0 Å². The number of nitrogens with zero attached hydrogens (tertiary/aromatic N) is 3. The van der Waals surface area contributed by atoms with E-state index in [1.54, 1.807) is 0 Å². The van der Waals surface area contributed by atoms with Crippen molar-refractivity contribution in [1.82, 2.24) is 15.0 Å². The van der Waals surface area contributed by atoms with Crippen LogP contribution in [0.25, 0.3) is 101 Å². The van der Waals surface area contributed by atoms with E-state index in [2.05, 4.69) is 233 Å². The third-order valence-corrected chi connectivity index (χ3v) is 16.0. The number of rotatable bonds is 7. The van der Waals surface area contributed by atoms with Gasteiger partial charge in [0.05, 0.1) is 0 Å². The van der Waals surface area contributed by atoms with Crippen LogP contribution >= 0.6 is 0 Å². The summed E-state index contributed by atoms with van der Waals surface area (Å²) < 4.78 is 0. The van der Waals surface area contributed by atoms with Gasteiger partial charge in [0.1, 0.15) is 0 Å². The minimum absolute atomic E-state index is 0.112. The summed E-state index contributed by atoms with van der Waals surface area (Å²) in [6.45, 7) is 23.4. The molecule has 12 rings (SSSR count). The Balaban J connectivity index is 1.08. The minimum Gasteiger partial charge on any atom is -0.208 e. The van der Waals surface area contributed by atoms with Gasteiger partial charge in [0.25, 0.3) is 0 Å². The smallest absolute Gasteiger partial charge is 0.164 e. The summed E-state index contributed by atoms with van der Waals surface area (Å²) in [6, 6.07) is 74.0. The molecule has 3 nitrogen and oxygen atoms in total. The Hall–Kier alpha value is -8.01. The fourth-order valence-corrected chi connectivity index (χ4v) is 11.6. The zero-order valence-corrected chi connectivity index (χ0v) is 44.4. The van der Waals surface area contributed by atoms with Gasteiger partial charge in [0.2, 0.25) is 0 Å². The van der Waals surface area contributed by atoms with E-state index in [1.165, 1.54) is 77.9 Å². The SMILES string of the molecule is CC(C)(C)c1cc(-c2cc(-c3cc(-c4ccc5c(c4)C(C)(C)c4ccccc4-5)cc(C(C)(C)C)c3)cc(-c3nc(-c4ccccc4)nc(-c4ccccc4)n3)c2)cc(-c2ccc3c(c2)C(C)(C)c2ccccc2-3)c1. The summed E-state index contributed by atoms with van der Waals surface area (Å²) in [6.07, 6.45) is 0. The fourth-order valence-electron chi connectivity index (χ4n) is 11.6. The first-order valence-electron chi connectivity index (χ1n) is 26.2. The molecule has 10 aromatic rings. The molecule has 9 aromatic carbocycles. The van der Waals surface area contributed by atoms with E-state index in [9.17, 15) is 0 Å². The lowest BCUT2D eigenvalue weighted by atomic mass is 9.80. The van der Waals surface area contributed by atoms with Gasteiger partial charge in [-0.25, -0.2) is 15.0 Å². The van der Waals surface area contributed by atoms with Crippen molar-refractivity contribution in [2.24, 2.45) is 0 Å². The third-order valence-electron chi connectivity index (χ3n) is 16.0. The molecule has 0 fully saturated rings. The summed E-state index contributed by atoms with van der Waals surface area (Å²) in [5.41, 5.74) is 25.0. The lowest BCUT2D eigenvalue weighted by Crippen LogP contribution is -2.15. The largest absolute Gasteiger partial charge is 0.208 e. The van der Waals surface area contributed by atoms with Crippen LogP contribution in [0, 0.1) is 0 Å². The van der Waals surface area contributed by atoms with E-state index in [0.29, 0.717) is 17.5 Å². The number of aromatic nitrogens is 3. The second kappa shape index (κ2) is 17.3. The minimum atomic E-state index is -0.122. The molecule has 74 heavy (non-hydrogen) atoms. The van der Waals surface area contributed by atoms with Crippen molar-refractivity contribution in [3.05, 3.63) is 234 Å². The number of fused-ring (bicyclic) bond motifs is 6. The highest BCUT2D eigenvalue weighted by atomic mass is 15.0. The first-order valence-corrected chi connectivity index (χ1v) is 26.2. The molecule has 0 amide bonds. The third kappa shape index (κ3) is 8.20. The van der Waals surface area contributed by atoms with Crippen molar-refractivity contribution in [1.29, 1.82) is 0 Å². The number of hydrogen-bond acceptors (Lipinski definition) is 3. The highest BCUT2D eigenvalue weighted by molar-refractivity contribution is 5.88. The normalized spacial score (nSPS) is 14.0. The summed E-state index contributed by atoms with van der Waals surface area (Å²) in [4.78, 5) is 15.7. The molecule has 0 bridgehead atoms. The molecule has 1 aromatic heterocycles. The van der Waals surface area contributed by atoms with Crippen molar-refractivity contribution in [3.8, 4) is 101 Å². The Morgan fingerprint density at radius 2 is 0.554 bits per heavy atom. The van der Waals surface area contributed by atoms with Gasteiger partial charge >= 0.3 is 0 Å². The molecule has 0 unspecified atom stereocenters. The lowest BCUT2D eigenvalue weighted by Gasteiger charge is -2.24. The molecule has 0 aliphatic heterocycles. The molecule has 1 heterocycles. The van der Waals surface area contributed by atoms with Crippen molar-refractivity contribution in [2.45, 2.75) is 90.9 Å². The topological polar surface area (TPSA) is 38.7 Å². The van der Waals surface area contributed by atoms with Crippen LogP contribution in [-0.2, 0) is 21.7 Å². The molecule has 0 radical (unpaired) electrons. The Bertz CT molecular complexity index is 3600. The Kier molecular flexibility index (Phi) is 11.0. The Morgan fingerprint density at radius 3 is 0.932 bits per heavy atom. The Labute approximate surface area is 438 Å². The highest BCUT2D eigenvalue weighted by Crippen LogP contribution is 2.52. The van der Waals surface area contributed by atoms with Crippen LogP contribution in [-0.4, -0.2) is 15.0 Å². The second-order valence-corrected chi connectivity index (χ2v) is 23.8. The van der Waals surface area contributed by atoms with E-state index < -0.39 is 0 Å².